The molecule has 4 nitrogen and oxygen atoms in total. The Balaban J connectivity index is 2.20. The first-order valence-electron chi connectivity index (χ1n) is 7.12. The third-order valence-electron chi connectivity index (χ3n) is 3.99. The van der Waals surface area contributed by atoms with Gasteiger partial charge in [0.25, 0.3) is 0 Å². The Kier molecular flexibility index (Phi) is 5.91. The van der Waals surface area contributed by atoms with Gasteiger partial charge in [-0.3, -0.25) is 0 Å². The molecule has 1 fully saturated rings. The highest BCUT2D eigenvalue weighted by Gasteiger charge is 2.28. The summed E-state index contributed by atoms with van der Waals surface area (Å²) < 4.78 is 27.7. The summed E-state index contributed by atoms with van der Waals surface area (Å²) >= 11 is 11.9. The molecule has 0 bridgehead atoms. The van der Waals surface area contributed by atoms with E-state index in [1.54, 1.807) is 12.1 Å². The summed E-state index contributed by atoms with van der Waals surface area (Å²) in [5.41, 5.74) is 5.77. The largest absolute Gasteiger partial charge is 0.329 e. The first-order chi connectivity index (χ1) is 9.95. The van der Waals surface area contributed by atoms with E-state index in [4.69, 9.17) is 28.9 Å². The van der Waals surface area contributed by atoms with Crippen molar-refractivity contribution in [1.29, 1.82) is 0 Å². The summed E-state index contributed by atoms with van der Waals surface area (Å²) in [5.74, 6) is 0.288. The molecule has 2 rings (SSSR count). The molecule has 7 heteroatoms. The Morgan fingerprint density at radius 2 is 1.90 bits per heavy atom. The molecule has 1 aliphatic carbocycles. The van der Waals surface area contributed by atoms with Crippen molar-refractivity contribution >= 4 is 33.2 Å². The van der Waals surface area contributed by atoms with Gasteiger partial charge in [0.15, 0.2) is 0 Å². The zero-order valence-electron chi connectivity index (χ0n) is 11.7. The van der Waals surface area contributed by atoms with Crippen molar-refractivity contribution in [3.63, 3.8) is 0 Å². The SMILES string of the molecule is NCC(NS(=O)(=O)c1cccc(Cl)c1Cl)C1CCCCC1. The van der Waals surface area contributed by atoms with Crippen molar-refractivity contribution in [3.8, 4) is 0 Å². The first kappa shape index (κ1) is 17.0. The quantitative estimate of drug-likeness (QED) is 0.856. The van der Waals surface area contributed by atoms with Gasteiger partial charge in [-0.05, 0) is 30.9 Å². The van der Waals surface area contributed by atoms with Gasteiger partial charge in [-0.15, -0.1) is 0 Å². The Hall–Kier alpha value is -0.330. The standard InChI is InChI=1S/C14H20Cl2N2O2S/c15-11-7-4-8-13(14(11)16)21(19,20)18-12(9-17)10-5-2-1-3-6-10/h4,7-8,10,12,18H,1-3,5-6,9,17H2. The summed E-state index contributed by atoms with van der Waals surface area (Å²) in [6, 6.07) is 4.32. The van der Waals surface area contributed by atoms with E-state index in [9.17, 15) is 8.42 Å². The van der Waals surface area contributed by atoms with E-state index in [1.807, 2.05) is 0 Å². The number of benzene rings is 1. The predicted octanol–water partition coefficient (Wildman–Crippen LogP) is 3.18. The van der Waals surface area contributed by atoms with Crippen molar-refractivity contribution < 1.29 is 8.42 Å². The minimum Gasteiger partial charge on any atom is -0.329 e. The van der Waals surface area contributed by atoms with E-state index in [1.165, 1.54) is 12.5 Å². The summed E-state index contributed by atoms with van der Waals surface area (Å²) in [6.45, 7) is 0.280. The van der Waals surface area contributed by atoms with Gasteiger partial charge in [0.2, 0.25) is 10.0 Å². The third kappa shape index (κ3) is 4.11. The lowest BCUT2D eigenvalue weighted by Crippen LogP contribution is -2.45. The molecule has 1 saturated carbocycles. The number of nitrogens with one attached hydrogen (secondary N) is 1. The lowest BCUT2D eigenvalue weighted by Gasteiger charge is -2.30. The molecule has 1 unspecified atom stereocenters. The second-order valence-electron chi connectivity index (χ2n) is 5.41. The molecule has 0 heterocycles. The van der Waals surface area contributed by atoms with E-state index >= 15 is 0 Å². The van der Waals surface area contributed by atoms with E-state index in [0.29, 0.717) is 0 Å². The molecule has 1 aromatic carbocycles. The normalized spacial score (nSPS) is 18.6. The molecule has 0 aliphatic heterocycles. The highest BCUT2D eigenvalue weighted by atomic mass is 35.5. The molecular weight excluding hydrogens is 331 g/mol. The Morgan fingerprint density at radius 3 is 2.52 bits per heavy atom. The lowest BCUT2D eigenvalue weighted by molar-refractivity contribution is 0.294. The van der Waals surface area contributed by atoms with Gasteiger partial charge >= 0.3 is 0 Å². The predicted molar refractivity (Wildman–Crippen MR) is 86.2 cm³/mol. The number of halogens is 2. The van der Waals surface area contributed by atoms with Crippen molar-refractivity contribution in [2.45, 2.75) is 43.0 Å². The van der Waals surface area contributed by atoms with Gasteiger partial charge in [-0.1, -0.05) is 48.5 Å². The van der Waals surface area contributed by atoms with Crippen LogP contribution in [-0.2, 0) is 10.0 Å². The Morgan fingerprint density at radius 1 is 1.24 bits per heavy atom. The molecule has 21 heavy (non-hydrogen) atoms. The fraction of sp³-hybridized carbons (Fsp3) is 0.571. The van der Waals surface area contributed by atoms with Crippen LogP contribution in [0.1, 0.15) is 32.1 Å². The maximum atomic E-state index is 12.5. The van der Waals surface area contributed by atoms with E-state index in [2.05, 4.69) is 4.72 Å². The summed E-state index contributed by atoms with van der Waals surface area (Å²) in [4.78, 5) is 0.00549. The van der Waals surface area contributed by atoms with Crippen LogP contribution in [0, 0.1) is 5.92 Å². The molecule has 0 amide bonds. The lowest BCUT2D eigenvalue weighted by atomic mass is 9.84. The smallest absolute Gasteiger partial charge is 0.242 e. The van der Waals surface area contributed by atoms with Crippen molar-refractivity contribution in [2.75, 3.05) is 6.54 Å². The summed E-state index contributed by atoms with van der Waals surface area (Å²) in [6.07, 6.45) is 5.48. The van der Waals surface area contributed by atoms with Crippen molar-refractivity contribution in [1.82, 2.24) is 4.72 Å². The molecule has 1 aromatic rings. The second kappa shape index (κ2) is 7.29. The monoisotopic (exact) mass is 350 g/mol. The molecule has 0 aromatic heterocycles. The molecule has 0 spiro atoms. The van der Waals surface area contributed by atoms with Crippen LogP contribution in [0.5, 0.6) is 0 Å². The van der Waals surface area contributed by atoms with Crippen LogP contribution in [0.3, 0.4) is 0 Å². The van der Waals surface area contributed by atoms with Gasteiger partial charge in [0.1, 0.15) is 4.90 Å². The van der Waals surface area contributed by atoms with E-state index < -0.39 is 10.0 Å². The fourth-order valence-corrected chi connectivity index (χ4v) is 4.91. The van der Waals surface area contributed by atoms with E-state index in [-0.39, 0.29) is 33.4 Å². The molecule has 1 aliphatic rings. The maximum absolute atomic E-state index is 12.5. The third-order valence-corrected chi connectivity index (χ3v) is 6.45. The van der Waals surface area contributed by atoms with Crippen LogP contribution in [0.4, 0.5) is 0 Å². The van der Waals surface area contributed by atoms with Crippen LogP contribution in [-0.4, -0.2) is 21.0 Å². The highest BCUT2D eigenvalue weighted by molar-refractivity contribution is 7.89. The average molecular weight is 351 g/mol. The Labute approximate surface area is 136 Å². The Bertz CT molecular complexity index is 587. The number of nitrogens with two attached hydrogens (primary N) is 1. The molecular formula is C14H20Cl2N2O2S. The van der Waals surface area contributed by atoms with Gasteiger partial charge in [-0.2, -0.15) is 0 Å². The maximum Gasteiger partial charge on any atom is 0.242 e. The number of rotatable bonds is 5. The topological polar surface area (TPSA) is 72.2 Å². The van der Waals surface area contributed by atoms with Crippen molar-refractivity contribution in [3.05, 3.63) is 28.2 Å². The summed E-state index contributed by atoms with van der Waals surface area (Å²) in [5, 5.41) is 0.271. The molecule has 1 atom stereocenters. The molecule has 118 valence electrons. The highest BCUT2D eigenvalue weighted by Crippen LogP contribution is 2.30. The minimum atomic E-state index is -3.72. The van der Waals surface area contributed by atoms with E-state index in [0.717, 1.165) is 25.7 Å². The first-order valence-corrected chi connectivity index (χ1v) is 9.36. The zero-order valence-corrected chi connectivity index (χ0v) is 14.0. The minimum absolute atomic E-state index is 0.00549. The fourth-order valence-electron chi connectivity index (χ4n) is 2.83. The number of sulfonamides is 1. The summed E-state index contributed by atoms with van der Waals surface area (Å²) in [7, 11) is -3.72. The van der Waals surface area contributed by atoms with Gasteiger partial charge < -0.3 is 5.73 Å². The molecule has 3 N–H and O–H groups in total. The second-order valence-corrected chi connectivity index (χ2v) is 7.88. The number of hydrogen-bond acceptors (Lipinski definition) is 3. The molecule has 0 radical (unpaired) electrons. The van der Waals surface area contributed by atoms with Crippen LogP contribution >= 0.6 is 23.2 Å². The van der Waals surface area contributed by atoms with Gasteiger partial charge in [-0.25, -0.2) is 13.1 Å². The van der Waals surface area contributed by atoms with Crippen LogP contribution in [0.15, 0.2) is 23.1 Å². The van der Waals surface area contributed by atoms with Gasteiger partial charge in [0.05, 0.1) is 10.0 Å². The van der Waals surface area contributed by atoms with Crippen LogP contribution < -0.4 is 10.5 Å². The zero-order chi connectivity index (χ0) is 15.5. The molecule has 0 saturated heterocycles. The average Bonchev–Trinajstić information content (AvgIpc) is 2.48. The van der Waals surface area contributed by atoms with Crippen LogP contribution in [0.25, 0.3) is 0 Å². The van der Waals surface area contributed by atoms with Gasteiger partial charge in [0, 0.05) is 12.6 Å². The number of hydrogen-bond donors (Lipinski definition) is 2. The van der Waals surface area contributed by atoms with Crippen LogP contribution in [0.2, 0.25) is 10.0 Å². The van der Waals surface area contributed by atoms with Crippen molar-refractivity contribution in [2.24, 2.45) is 11.7 Å².